The number of hydrogen-bond acceptors (Lipinski definition) is 3. The summed E-state index contributed by atoms with van der Waals surface area (Å²) >= 11 is 0. The van der Waals surface area contributed by atoms with Crippen LogP contribution in [0.5, 0.6) is 0 Å². The molecule has 0 spiro atoms. The van der Waals surface area contributed by atoms with Crippen LogP contribution in [0.25, 0.3) is 0 Å². The lowest BCUT2D eigenvalue weighted by Crippen LogP contribution is -2.48. The first kappa shape index (κ1) is 19.7. The number of aliphatic imine (C=N–C) groups is 1. The first-order valence-corrected chi connectivity index (χ1v) is 8.19. The van der Waals surface area contributed by atoms with Gasteiger partial charge in [-0.1, -0.05) is 26.0 Å². The molecule has 0 bridgehead atoms. The summed E-state index contributed by atoms with van der Waals surface area (Å²) in [5, 5.41) is 13.7. The standard InChI is InChI=1S/C16H30N4O.HI/c1-4-16(21,5-2)13-18-15(17-3)20-11-8-14(12-20)19-9-6-7-10-19;/h6-7,14,21H,4-5,8-13H2,1-3H3,(H,17,18);1H. The third-order valence-electron chi connectivity index (χ3n) is 4.93. The fourth-order valence-electron chi connectivity index (χ4n) is 3.10. The van der Waals surface area contributed by atoms with E-state index in [2.05, 4.69) is 32.3 Å². The van der Waals surface area contributed by atoms with Crippen LogP contribution in [-0.2, 0) is 0 Å². The summed E-state index contributed by atoms with van der Waals surface area (Å²) < 4.78 is 0. The summed E-state index contributed by atoms with van der Waals surface area (Å²) in [5.41, 5.74) is -0.631. The number of aliphatic hydroxyl groups is 1. The Kier molecular flexibility index (Phi) is 8.13. The Labute approximate surface area is 151 Å². The summed E-state index contributed by atoms with van der Waals surface area (Å²) in [7, 11) is 1.82. The minimum absolute atomic E-state index is 0. The smallest absolute Gasteiger partial charge is 0.193 e. The lowest BCUT2D eigenvalue weighted by atomic mass is 9.98. The lowest BCUT2D eigenvalue weighted by Gasteiger charge is -2.29. The van der Waals surface area contributed by atoms with Crippen LogP contribution in [0, 0.1) is 0 Å². The number of hydrogen-bond donors (Lipinski definition) is 2. The molecule has 2 aliphatic rings. The normalized spacial score (nSPS) is 23.0. The van der Waals surface area contributed by atoms with E-state index in [9.17, 15) is 5.11 Å². The molecule has 0 aromatic carbocycles. The molecule has 0 saturated carbocycles. The van der Waals surface area contributed by atoms with Crippen molar-refractivity contribution in [3.05, 3.63) is 12.2 Å². The SMILES string of the molecule is CCC(O)(CC)CNC(=NC)N1CCC(N2CC=CC2)C1.I. The van der Waals surface area contributed by atoms with Gasteiger partial charge in [-0.3, -0.25) is 9.89 Å². The van der Waals surface area contributed by atoms with E-state index >= 15 is 0 Å². The average Bonchev–Trinajstić information content (AvgIpc) is 3.18. The molecule has 2 heterocycles. The second kappa shape index (κ2) is 9.08. The van der Waals surface area contributed by atoms with Crippen LogP contribution < -0.4 is 5.32 Å². The molecule has 22 heavy (non-hydrogen) atoms. The van der Waals surface area contributed by atoms with Crippen LogP contribution in [-0.4, -0.2) is 72.3 Å². The van der Waals surface area contributed by atoms with Gasteiger partial charge in [0.1, 0.15) is 0 Å². The Bertz CT molecular complexity index is 388. The number of nitrogens with zero attached hydrogens (tertiary/aromatic N) is 3. The molecule has 6 heteroatoms. The van der Waals surface area contributed by atoms with Crippen molar-refractivity contribution in [1.29, 1.82) is 0 Å². The highest BCUT2D eigenvalue weighted by molar-refractivity contribution is 14.0. The predicted octanol–water partition coefficient (Wildman–Crippen LogP) is 1.68. The molecular formula is C16H31IN4O. The molecule has 0 amide bonds. The predicted molar refractivity (Wildman–Crippen MR) is 103 cm³/mol. The van der Waals surface area contributed by atoms with Crippen LogP contribution in [0.15, 0.2) is 17.1 Å². The zero-order valence-electron chi connectivity index (χ0n) is 14.1. The molecule has 128 valence electrons. The molecular weight excluding hydrogens is 391 g/mol. The van der Waals surface area contributed by atoms with Gasteiger partial charge < -0.3 is 15.3 Å². The highest BCUT2D eigenvalue weighted by atomic mass is 127. The quantitative estimate of drug-likeness (QED) is 0.307. The second-order valence-corrected chi connectivity index (χ2v) is 6.15. The number of likely N-dealkylation sites (tertiary alicyclic amines) is 1. The van der Waals surface area contributed by atoms with Gasteiger partial charge in [0.2, 0.25) is 0 Å². The summed E-state index contributed by atoms with van der Waals surface area (Å²) in [4.78, 5) is 9.22. The van der Waals surface area contributed by atoms with E-state index in [4.69, 9.17) is 0 Å². The Balaban J connectivity index is 0.00000242. The molecule has 1 fully saturated rings. The van der Waals surface area contributed by atoms with Crippen molar-refractivity contribution in [2.24, 2.45) is 4.99 Å². The van der Waals surface area contributed by atoms with Gasteiger partial charge in [-0.25, -0.2) is 0 Å². The van der Waals surface area contributed by atoms with Crippen molar-refractivity contribution >= 4 is 29.9 Å². The van der Waals surface area contributed by atoms with E-state index in [0.717, 1.165) is 45.0 Å². The van der Waals surface area contributed by atoms with Crippen molar-refractivity contribution in [2.45, 2.75) is 44.8 Å². The maximum Gasteiger partial charge on any atom is 0.193 e. The first-order chi connectivity index (χ1) is 10.1. The Hall–Kier alpha value is -0.340. The Morgan fingerprint density at radius 3 is 2.50 bits per heavy atom. The van der Waals surface area contributed by atoms with Crippen molar-refractivity contribution in [3.63, 3.8) is 0 Å². The van der Waals surface area contributed by atoms with Gasteiger partial charge in [0, 0.05) is 45.8 Å². The van der Waals surface area contributed by atoms with Crippen LogP contribution >= 0.6 is 24.0 Å². The molecule has 0 aromatic heterocycles. The van der Waals surface area contributed by atoms with Gasteiger partial charge in [0.05, 0.1) is 5.60 Å². The third kappa shape index (κ3) is 4.83. The van der Waals surface area contributed by atoms with Gasteiger partial charge in [-0.15, -0.1) is 24.0 Å². The monoisotopic (exact) mass is 422 g/mol. The maximum atomic E-state index is 10.4. The van der Waals surface area contributed by atoms with Crippen molar-refractivity contribution < 1.29 is 5.11 Å². The van der Waals surface area contributed by atoms with Crippen LogP contribution in [0.1, 0.15) is 33.1 Å². The molecule has 0 aliphatic carbocycles. The summed E-state index contributed by atoms with van der Waals surface area (Å²) in [6.45, 7) is 8.85. The van der Waals surface area contributed by atoms with Crippen LogP contribution in [0.3, 0.4) is 0 Å². The molecule has 0 radical (unpaired) electrons. The highest BCUT2D eigenvalue weighted by Gasteiger charge is 2.30. The van der Waals surface area contributed by atoms with Gasteiger partial charge >= 0.3 is 0 Å². The van der Waals surface area contributed by atoms with Gasteiger partial charge in [0.15, 0.2) is 5.96 Å². The Morgan fingerprint density at radius 1 is 1.32 bits per heavy atom. The van der Waals surface area contributed by atoms with Crippen molar-refractivity contribution in [1.82, 2.24) is 15.1 Å². The van der Waals surface area contributed by atoms with Gasteiger partial charge in [-0.05, 0) is 19.3 Å². The lowest BCUT2D eigenvalue weighted by molar-refractivity contribution is 0.0362. The molecule has 1 atom stereocenters. The fraction of sp³-hybridized carbons (Fsp3) is 0.812. The third-order valence-corrected chi connectivity index (χ3v) is 4.93. The summed E-state index contributed by atoms with van der Waals surface area (Å²) in [5.74, 6) is 0.921. The summed E-state index contributed by atoms with van der Waals surface area (Å²) in [6.07, 6.45) is 7.20. The number of halogens is 1. The largest absolute Gasteiger partial charge is 0.388 e. The minimum Gasteiger partial charge on any atom is -0.388 e. The maximum absolute atomic E-state index is 10.4. The molecule has 2 N–H and O–H groups in total. The molecule has 1 unspecified atom stereocenters. The number of rotatable bonds is 5. The van der Waals surface area contributed by atoms with Crippen LogP contribution in [0.4, 0.5) is 0 Å². The molecule has 1 saturated heterocycles. The fourth-order valence-corrected chi connectivity index (χ4v) is 3.10. The first-order valence-electron chi connectivity index (χ1n) is 8.19. The average molecular weight is 422 g/mol. The topological polar surface area (TPSA) is 51.1 Å². The van der Waals surface area contributed by atoms with E-state index < -0.39 is 5.60 Å². The molecule has 2 aliphatic heterocycles. The van der Waals surface area contributed by atoms with Crippen molar-refractivity contribution in [2.75, 3.05) is 39.8 Å². The number of nitrogens with one attached hydrogen (secondary N) is 1. The van der Waals surface area contributed by atoms with E-state index in [1.54, 1.807) is 0 Å². The highest BCUT2D eigenvalue weighted by Crippen LogP contribution is 2.18. The van der Waals surface area contributed by atoms with E-state index in [1.807, 2.05) is 20.9 Å². The molecule has 0 aromatic rings. The minimum atomic E-state index is -0.631. The Morgan fingerprint density at radius 2 is 1.95 bits per heavy atom. The number of guanidine groups is 1. The van der Waals surface area contributed by atoms with Crippen LogP contribution in [0.2, 0.25) is 0 Å². The van der Waals surface area contributed by atoms with Crippen molar-refractivity contribution in [3.8, 4) is 0 Å². The van der Waals surface area contributed by atoms with Gasteiger partial charge in [0.25, 0.3) is 0 Å². The molecule has 5 nitrogen and oxygen atoms in total. The second-order valence-electron chi connectivity index (χ2n) is 6.15. The molecule has 2 rings (SSSR count). The zero-order valence-corrected chi connectivity index (χ0v) is 16.4. The van der Waals surface area contributed by atoms with E-state index in [1.165, 1.54) is 6.42 Å². The van der Waals surface area contributed by atoms with E-state index in [-0.39, 0.29) is 24.0 Å². The van der Waals surface area contributed by atoms with Gasteiger partial charge in [-0.2, -0.15) is 0 Å². The van der Waals surface area contributed by atoms with E-state index in [0.29, 0.717) is 12.6 Å². The zero-order chi connectivity index (χ0) is 15.3. The summed E-state index contributed by atoms with van der Waals surface area (Å²) in [6, 6.07) is 0.620.